The molecule has 3 heteroatoms. The minimum absolute atomic E-state index is 0.633. The van der Waals surface area contributed by atoms with Crippen LogP contribution >= 0.6 is 0 Å². The first-order valence-corrected chi connectivity index (χ1v) is 23.1. The lowest BCUT2D eigenvalue weighted by Gasteiger charge is -2.16. The van der Waals surface area contributed by atoms with Crippen molar-refractivity contribution in [3.63, 3.8) is 0 Å². The Kier molecular flexibility index (Phi) is 14.6. The van der Waals surface area contributed by atoms with Crippen LogP contribution in [0.25, 0.3) is 61.0 Å². The summed E-state index contributed by atoms with van der Waals surface area (Å²) < 4.78 is 6.14. The van der Waals surface area contributed by atoms with Crippen LogP contribution in [0.2, 0.25) is 0 Å². The molecule has 1 heterocycles. The topological polar surface area (TPSA) is 37.9 Å². The first-order valence-electron chi connectivity index (χ1n) is 23.1. The van der Waals surface area contributed by atoms with Gasteiger partial charge in [0.15, 0.2) is 0 Å². The number of aryl methyl sites for hydroxylation is 3. The van der Waals surface area contributed by atoms with Crippen molar-refractivity contribution in [3.8, 4) is 22.3 Å². The molecule has 67 heavy (non-hydrogen) atoms. The molecule has 0 amide bonds. The maximum absolute atomic E-state index is 6.14. The molecule has 0 aliphatic heterocycles. The number of nitrogens with zero attached hydrogens (tertiary/aromatic N) is 2. The molecule has 0 N–H and O–H groups in total. The molecule has 7 aromatic carbocycles. The minimum atomic E-state index is 0.633. The Labute approximate surface area is 397 Å². The van der Waals surface area contributed by atoms with E-state index in [9.17, 15) is 0 Å². The fraction of sp³-hybridized carbons (Fsp3) is 0.125. The predicted molar refractivity (Wildman–Crippen MR) is 290 cm³/mol. The predicted octanol–water partition coefficient (Wildman–Crippen LogP) is 17.3. The quantitative estimate of drug-likeness (QED) is 0.140. The molecule has 0 spiro atoms. The van der Waals surface area contributed by atoms with E-state index >= 15 is 0 Å². The molecular weight excluding hydrogens is 813 g/mol. The lowest BCUT2D eigenvalue weighted by molar-refractivity contribution is 0.669. The minimum Gasteiger partial charge on any atom is -0.456 e. The fourth-order valence-electron chi connectivity index (χ4n) is 8.79. The van der Waals surface area contributed by atoms with E-state index < -0.39 is 0 Å². The third-order valence-electron chi connectivity index (χ3n) is 12.4. The number of benzene rings is 7. The molecule has 0 unspecified atom stereocenters. The van der Waals surface area contributed by atoms with Crippen LogP contribution in [0.5, 0.6) is 0 Å². The van der Waals surface area contributed by atoms with Gasteiger partial charge >= 0.3 is 0 Å². The zero-order chi connectivity index (χ0) is 46.7. The van der Waals surface area contributed by atoms with E-state index in [0.717, 1.165) is 69.3 Å². The molecular formula is C64H58N2O. The second-order valence-electron chi connectivity index (χ2n) is 17.3. The maximum atomic E-state index is 6.14. The van der Waals surface area contributed by atoms with E-state index in [1.54, 1.807) is 0 Å². The van der Waals surface area contributed by atoms with Gasteiger partial charge in [-0.3, -0.25) is 9.98 Å². The first kappa shape index (κ1) is 45.7. The summed E-state index contributed by atoms with van der Waals surface area (Å²) >= 11 is 0. The Morgan fingerprint density at radius 1 is 0.642 bits per heavy atom. The Morgan fingerprint density at radius 3 is 2.16 bits per heavy atom. The Morgan fingerprint density at radius 2 is 1.40 bits per heavy atom. The van der Waals surface area contributed by atoms with Crippen molar-refractivity contribution in [1.82, 2.24) is 0 Å². The van der Waals surface area contributed by atoms with E-state index in [0.29, 0.717) is 6.54 Å². The summed E-state index contributed by atoms with van der Waals surface area (Å²) in [6.45, 7) is 20.5. The summed E-state index contributed by atoms with van der Waals surface area (Å²) in [6, 6.07) is 53.1. The van der Waals surface area contributed by atoms with Gasteiger partial charge in [-0.25, -0.2) is 0 Å². The summed E-state index contributed by atoms with van der Waals surface area (Å²) in [5.74, 6) is 0. The van der Waals surface area contributed by atoms with E-state index in [-0.39, 0.29) is 0 Å². The molecule has 0 saturated heterocycles. The number of allylic oxidation sites excluding steroid dienone is 9. The smallest absolute Gasteiger partial charge is 0.136 e. The Hall–Kier alpha value is -7.88. The summed E-state index contributed by atoms with van der Waals surface area (Å²) in [5.41, 5.74) is 22.3. The number of aliphatic imine (C=N–C) groups is 2. The molecule has 0 atom stereocenters. The normalized spacial score (nSPS) is 14.1. The van der Waals surface area contributed by atoms with Gasteiger partial charge in [0, 0.05) is 22.0 Å². The standard InChI is InChI=1S/C34H29NO.C21H20.C9H9N/c1-23-16-17-32-31(18-23)34-30(14-9-15-33(34)36-32)24(2)35-22-25-19-28(26-10-5-3-6-11-26)21-29(20-25)27-12-7-4-8-13-27;1-15-10-7-8-12-19(15)21-14-18-11-6-4-5-9-16(2)20(18)13-17(21)3;1-8(10-2)9-6-4-3-5-7-9/h3-7,9-12,14-21H,8,13,22H2,1-2H3;4-10,12-14H,2,11H2,1,3H3;3-7H,1-2H2/b;6-4-,9-5-;. The van der Waals surface area contributed by atoms with Crippen molar-refractivity contribution in [2.75, 3.05) is 0 Å². The van der Waals surface area contributed by atoms with Gasteiger partial charge in [0.05, 0.1) is 12.2 Å². The summed E-state index contributed by atoms with van der Waals surface area (Å²) in [6.07, 6.45) is 18.2. The lowest BCUT2D eigenvalue weighted by Crippen LogP contribution is -1.98. The van der Waals surface area contributed by atoms with E-state index in [1.165, 1.54) is 66.8 Å². The van der Waals surface area contributed by atoms with Crippen molar-refractivity contribution >= 4 is 51.2 Å². The average molecular weight is 871 g/mol. The van der Waals surface area contributed by atoms with E-state index in [1.807, 2.05) is 36.4 Å². The fourth-order valence-corrected chi connectivity index (χ4v) is 8.79. The molecule has 0 fully saturated rings. The maximum Gasteiger partial charge on any atom is 0.136 e. The SMILES string of the molecule is C=C1/C=C\C=C/Cc2cc(-c3ccccc3C)c(C)cc21.C=NC(=C)c1ccccc1.CC(=NCc1cc(C2=CC=CCC2)cc(-c2ccccc2)c1)c1cccc2oc3ccc(C)cc3c12. The van der Waals surface area contributed by atoms with Crippen molar-refractivity contribution in [1.29, 1.82) is 0 Å². The van der Waals surface area contributed by atoms with Gasteiger partial charge in [-0.15, -0.1) is 0 Å². The average Bonchev–Trinajstić information content (AvgIpc) is 3.74. The number of rotatable bonds is 8. The van der Waals surface area contributed by atoms with Crippen molar-refractivity contribution in [2.45, 2.75) is 53.5 Å². The third-order valence-corrected chi connectivity index (χ3v) is 12.4. The van der Waals surface area contributed by atoms with Crippen LogP contribution in [-0.4, -0.2) is 12.4 Å². The molecule has 10 rings (SSSR count). The molecule has 2 aliphatic carbocycles. The molecule has 0 saturated carbocycles. The highest BCUT2D eigenvalue weighted by Gasteiger charge is 2.15. The summed E-state index contributed by atoms with van der Waals surface area (Å²) in [7, 11) is 0. The van der Waals surface area contributed by atoms with Crippen LogP contribution in [-0.2, 0) is 13.0 Å². The monoisotopic (exact) mass is 870 g/mol. The second kappa shape index (κ2) is 21.4. The van der Waals surface area contributed by atoms with Gasteiger partial charge in [-0.2, -0.15) is 0 Å². The van der Waals surface area contributed by atoms with Gasteiger partial charge in [0.25, 0.3) is 0 Å². The lowest BCUT2D eigenvalue weighted by atomic mass is 9.88. The van der Waals surface area contributed by atoms with E-state index in [4.69, 9.17) is 9.41 Å². The van der Waals surface area contributed by atoms with Crippen LogP contribution in [0.3, 0.4) is 0 Å². The molecule has 0 bridgehead atoms. The van der Waals surface area contributed by atoms with Crippen LogP contribution in [0.15, 0.2) is 222 Å². The van der Waals surface area contributed by atoms with Crippen LogP contribution < -0.4 is 0 Å². The molecule has 330 valence electrons. The van der Waals surface area contributed by atoms with Gasteiger partial charge in [0.1, 0.15) is 11.2 Å². The number of hydrogen-bond donors (Lipinski definition) is 0. The summed E-state index contributed by atoms with van der Waals surface area (Å²) in [5, 5.41) is 2.30. The molecule has 0 radical (unpaired) electrons. The highest BCUT2D eigenvalue weighted by Crippen LogP contribution is 2.35. The first-order chi connectivity index (χ1) is 32.7. The van der Waals surface area contributed by atoms with Gasteiger partial charge in [0.2, 0.25) is 0 Å². The highest BCUT2D eigenvalue weighted by molar-refractivity contribution is 6.18. The zero-order valence-electron chi connectivity index (χ0n) is 39.2. The third kappa shape index (κ3) is 11.0. The Bertz CT molecular complexity index is 3260. The molecule has 1 aromatic heterocycles. The van der Waals surface area contributed by atoms with Crippen molar-refractivity contribution in [3.05, 3.63) is 257 Å². The van der Waals surface area contributed by atoms with Crippen LogP contribution in [0.4, 0.5) is 0 Å². The number of furan rings is 1. The van der Waals surface area contributed by atoms with Crippen LogP contribution in [0.1, 0.15) is 69.8 Å². The molecule has 2 aliphatic rings. The van der Waals surface area contributed by atoms with Crippen molar-refractivity contribution < 1.29 is 4.42 Å². The second-order valence-corrected chi connectivity index (χ2v) is 17.3. The van der Waals surface area contributed by atoms with Crippen LogP contribution in [0, 0.1) is 20.8 Å². The van der Waals surface area contributed by atoms with Gasteiger partial charge in [-0.05, 0) is 168 Å². The van der Waals surface area contributed by atoms with Crippen molar-refractivity contribution in [2.24, 2.45) is 9.98 Å². The largest absolute Gasteiger partial charge is 0.456 e. The number of fused-ring (bicyclic) bond motifs is 4. The van der Waals surface area contributed by atoms with Gasteiger partial charge < -0.3 is 4.42 Å². The Balaban J connectivity index is 0.000000164. The van der Waals surface area contributed by atoms with Gasteiger partial charge in [-0.1, -0.05) is 170 Å². The van der Waals surface area contributed by atoms with E-state index in [2.05, 4.69) is 210 Å². The molecule has 3 nitrogen and oxygen atoms in total. The molecule has 8 aromatic rings. The number of hydrogen-bond acceptors (Lipinski definition) is 3. The summed E-state index contributed by atoms with van der Waals surface area (Å²) in [4.78, 5) is 8.80. The highest BCUT2D eigenvalue weighted by atomic mass is 16.3. The zero-order valence-corrected chi connectivity index (χ0v) is 39.2.